The van der Waals surface area contributed by atoms with Gasteiger partial charge in [-0.25, -0.2) is 9.50 Å². The number of aromatic nitrogens is 4. The zero-order valence-electron chi connectivity index (χ0n) is 9.37. The Hall–Kier alpha value is -2.10. The Labute approximate surface area is 98.5 Å². The standard InChI is InChI=1S/C13H12N4/c1-3-12(17-13(5-1)14-9-15-17)10-6-8-16-7-2-4-11(10)16/h1,3,5-6,8-9H,2,4,7H2. The van der Waals surface area contributed by atoms with Crippen molar-refractivity contribution in [2.45, 2.75) is 19.4 Å². The van der Waals surface area contributed by atoms with Crippen LogP contribution in [0.2, 0.25) is 0 Å². The fourth-order valence-electron chi connectivity index (χ4n) is 2.69. The van der Waals surface area contributed by atoms with Gasteiger partial charge in [0.05, 0.1) is 5.69 Å². The molecule has 4 rings (SSSR count). The number of nitrogens with zero attached hydrogens (tertiary/aromatic N) is 4. The van der Waals surface area contributed by atoms with Crippen molar-refractivity contribution in [3.63, 3.8) is 0 Å². The third kappa shape index (κ3) is 1.18. The highest BCUT2D eigenvalue weighted by Gasteiger charge is 2.17. The van der Waals surface area contributed by atoms with E-state index in [0.717, 1.165) is 24.3 Å². The molecule has 1 aliphatic rings. The second-order valence-corrected chi connectivity index (χ2v) is 4.41. The van der Waals surface area contributed by atoms with Crippen molar-refractivity contribution < 1.29 is 0 Å². The van der Waals surface area contributed by atoms with Gasteiger partial charge in [0.1, 0.15) is 6.33 Å². The third-order valence-corrected chi connectivity index (χ3v) is 3.47. The maximum atomic E-state index is 4.30. The molecule has 0 amide bonds. The molecular formula is C13H12N4. The molecule has 0 unspecified atom stereocenters. The Morgan fingerprint density at radius 1 is 1.18 bits per heavy atom. The fraction of sp³-hybridized carbons (Fsp3) is 0.231. The summed E-state index contributed by atoms with van der Waals surface area (Å²) in [6.07, 6.45) is 6.19. The van der Waals surface area contributed by atoms with Crippen molar-refractivity contribution in [1.82, 2.24) is 19.2 Å². The molecule has 3 aromatic rings. The summed E-state index contributed by atoms with van der Waals surface area (Å²) >= 11 is 0. The van der Waals surface area contributed by atoms with Gasteiger partial charge in [-0.15, -0.1) is 0 Å². The van der Waals surface area contributed by atoms with Crippen LogP contribution in [0, 0.1) is 0 Å². The van der Waals surface area contributed by atoms with Gasteiger partial charge in [-0.05, 0) is 31.0 Å². The Morgan fingerprint density at radius 2 is 2.18 bits per heavy atom. The number of aryl methyl sites for hydroxylation is 1. The average Bonchev–Trinajstić information content (AvgIpc) is 3.04. The minimum Gasteiger partial charge on any atom is -0.351 e. The van der Waals surface area contributed by atoms with Gasteiger partial charge < -0.3 is 4.57 Å². The topological polar surface area (TPSA) is 35.1 Å². The molecule has 0 radical (unpaired) electrons. The Bertz CT molecular complexity index is 692. The van der Waals surface area contributed by atoms with Crippen LogP contribution in [0.4, 0.5) is 0 Å². The summed E-state index contributed by atoms with van der Waals surface area (Å²) in [7, 11) is 0. The fourth-order valence-corrected chi connectivity index (χ4v) is 2.69. The summed E-state index contributed by atoms with van der Waals surface area (Å²) in [5.41, 5.74) is 4.75. The van der Waals surface area contributed by atoms with Crippen molar-refractivity contribution in [3.8, 4) is 11.3 Å². The molecule has 84 valence electrons. The maximum absolute atomic E-state index is 4.30. The van der Waals surface area contributed by atoms with Gasteiger partial charge in [0.25, 0.3) is 0 Å². The molecule has 0 saturated heterocycles. The maximum Gasteiger partial charge on any atom is 0.155 e. The van der Waals surface area contributed by atoms with Crippen LogP contribution >= 0.6 is 0 Å². The summed E-state index contributed by atoms with van der Waals surface area (Å²) in [5.74, 6) is 0. The second kappa shape index (κ2) is 3.20. The predicted molar refractivity (Wildman–Crippen MR) is 64.7 cm³/mol. The highest BCUT2D eigenvalue weighted by atomic mass is 15.3. The zero-order valence-corrected chi connectivity index (χ0v) is 9.37. The van der Waals surface area contributed by atoms with Gasteiger partial charge in [0, 0.05) is 24.0 Å². The van der Waals surface area contributed by atoms with Crippen molar-refractivity contribution in [2.24, 2.45) is 0 Å². The first kappa shape index (κ1) is 8.98. The number of hydrogen-bond acceptors (Lipinski definition) is 2. The molecule has 0 saturated carbocycles. The van der Waals surface area contributed by atoms with Crippen molar-refractivity contribution in [1.29, 1.82) is 0 Å². The predicted octanol–water partition coefficient (Wildman–Crippen LogP) is 2.14. The zero-order chi connectivity index (χ0) is 11.2. The lowest BCUT2D eigenvalue weighted by atomic mass is 10.1. The van der Waals surface area contributed by atoms with Crippen LogP contribution in [0.5, 0.6) is 0 Å². The van der Waals surface area contributed by atoms with E-state index in [-0.39, 0.29) is 0 Å². The molecule has 3 aromatic heterocycles. The van der Waals surface area contributed by atoms with E-state index in [1.165, 1.54) is 17.7 Å². The molecule has 0 aliphatic carbocycles. The van der Waals surface area contributed by atoms with Gasteiger partial charge in [0.2, 0.25) is 0 Å². The number of rotatable bonds is 1. The van der Waals surface area contributed by atoms with E-state index in [9.17, 15) is 0 Å². The van der Waals surface area contributed by atoms with E-state index in [0.29, 0.717) is 0 Å². The quantitative estimate of drug-likeness (QED) is 0.634. The molecule has 4 heteroatoms. The molecule has 0 fully saturated rings. The van der Waals surface area contributed by atoms with E-state index in [2.05, 4.69) is 33.0 Å². The van der Waals surface area contributed by atoms with E-state index in [1.807, 2.05) is 16.6 Å². The van der Waals surface area contributed by atoms with Gasteiger partial charge in [-0.3, -0.25) is 0 Å². The second-order valence-electron chi connectivity index (χ2n) is 4.41. The van der Waals surface area contributed by atoms with E-state index >= 15 is 0 Å². The molecule has 0 spiro atoms. The molecule has 0 atom stereocenters. The van der Waals surface area contributed by atoms with E-state index in [1.54, 1.807) is 6.33 Å². The number of fused-ring (bicyclic) bond motifs is 2. The Balaban J connectivity index is 2.02. The first-order valence-corrected chi connectivity index (χ1v) is 5.90. The van der Waals surface area contributed by atoms with Crippen LogP contribution in [0.25, 0.3) is 16.9 Å². The van der Waals surface area contributed by atoms with Gasteiger partial charge in [-0.1, -0.05) is 6.07 Å². The molecule has 17 heavy (non-hydrogen) atoms. The number of hydrogen-bond donors (Lipinski definition) is 0. The molecule has 0 N–H and O–H groups in total. The van der Waals surface area contributed by atoms with Crippen LogP contribution < -0.4 is 0 Å². The minimum atomic E-state index is 0.903. The van der Waals surface area contributed by atoms with E-state index < -0.39 is 0 Å². The van der Waals surface area contributed by atoms with Crippen LogP contribution in [0.1, 0.15) is 12.1 Å². The van der Waals surface area contributed by atoms with Crippen molar-refractivity contribution in [2.75, 3.05) is 0 Å². The number of pyridine rings is 1. The lowest BCUT2D eigenvalue weighted by molar-refractivity contribution is 0.750. The molecule has 4 heterocycles. The van der Waals surface area contributed by atoms with Crippen molar-refractivity contribution in [3.05, 3.63) is 42.5 Å². The minimum absolute atomic E-state index is 0.903. The van der Waals surface area contributed by atoms with Crippen LogP contribution in [0.15, 0.2) is 36.8 Å². The molecule has 0 aromatic carbocycles. The van der Waals surface area contributed by atoms with Gasteiger partial charge >= 0.3 is 0 Å². The Morgan fingerprint density at radius 3 is 3.18 bits per heavy atom. The molecule has 4 nitrogen and oxygen atoms in total. The van der Waals surface area contributed by atoms with Gasteiger partial charge in [0.15, 0.2) is 5.65 Å². The largest absolute Gasteiger partial charge is 0.351 e. The smallest absolute Gasteiger partial charge is 0.155 e. The lowest BCUT2D eigenvalue weighted by Crippen LogP contribution is -1.95. The van der Waals surface area contributed by atoms with E-state index in [4.69, 9.17) is 0 Å². The van der Waals surface area contributed by atoms with Gasteiger partial charge in [-0.2, -0.15) is 5.10 Å². The van der Waals surface area contributed by atoms with Crippen LogP contribution in [-0.2, 0) is 13.0 Å². The molecular weight excluding hydrogens is 212 g/mol. The highest BCUT2D eigenvalue weighted by Crippen LogP contribution is 2.29. The molecule has 0 bridgehead atoms. The summed E-state index contributed by atoms with van der Waals surface area (Å²) in [4.78, 5) is 4.23. The Kier molecular flexibility index (Phi) is 1.69. The SMILES string of the molecule is c1cc(-c2ccn3c2CCC3)n2ncnc2c1. The summed E-state index contributed by atoms with van der Waals surface area (Å²) in [6, 6.07) is 8.31. The van der Waals surface area contributed by atoms with Crippen LogP contribution in [-0.4, -0.2) is 19.2 Å². The summed E-state index contributed by atoms with van der Waals surface area (Å²) < 4.78 is 4.25. The third-order valence-electron chi connectivity index (χ3n) is 3.47. The highest BCUT2D eigenvalue weighted by molar-refractivity contribution is 5.66. The molecule has 1 aliphatic heterocycles. The van der Waals surface area contributed by atoms with Crippen LogP contribution in [0.3, 0.4) is 0 Å². The first-order chi connectivity index (χ1) is 8.43. The normalized spacial score (nSPS) is 14.4. The first-order valence-electron chi connectivity index (χ1n) is 5.90. The monoisotopic (exact) mass is 224 g/mol. The van der Waals surface area contributed by atoms with Crippen molar-refractivity contribution >= 4 is 5.65 Å². The summed E-state index contributed by atoms with van der Waals surface area (Å²) in [5, 5.41) is 4.30. The summed E-state index contributed by atoms with van der Waals surface area (Å²) in [6.45, 7) is 1.14. The lowest BCUT2D eigenvalue weighted by Gasteiger charge is -2.04. The average molecular weight is 224 g/mol.